The molecule has 3 saturated heterocycles. The molecule has 3 heterocycles. The summed E-state index contributed by atoms with van der Waals surface area (Å²) < 4.78 is 0. The number of carbonyl (C=O) groups excluding carboxylic acids is 1. The molecule has 0 aromatic heterocycles. The van der Waals surface area contributed by atoms with Crippen molar-refractivity contribution in [3.8, 4) is 0 Å². The molecule has 3 aliphatic heterocycles. The molecule has 0 aliphatic carbocycles. The minimum absolute atomic E-state index is 0.358. The van der Waals surface area contributed by atoms with E-state index in [1.807, 2.05) is 11.8 Å². The van der Waals surface area contributed by atoms with Crippen LogP contribution in [0.15, 0.2) is 0 Å². The van der Waals surface area contributed by atoms with E-state index in [0.29, 0.717) is 29.7 Å². The lowest BCUT2D eigenvalue weighted by Gasteiger charge is -2.36. The Kier molecular flexibility index (Phi) is 2.77. The molecule has 84 valence electrons. The van der Waals surface area contributed by atoms with Crippen LogP contribution in [-0.4, -0.2) is 29.4 Å². The van der Waals surface area contributed by atoms with Crippen LogP contribution in [0.2, 0.25) is 0 Å². The quantitative estimate of drug-likeness (QED) is 0.738. The predicted octanol–water partition coefficient (Wildman–Crippen LogP) is 1.84. The molecule has 0 spiro atoms. The predicted molar refractivity (Wildman–Crippen MR) is 63.1 cm³/mol. The Hall–Kier alpha value is -0.0200. The van der Waals surface area contributed by atoms with Gasteiger partial charge in [0, 0.05) is 24.4 Å². The molecule has 3 heteroatoms. The van der Waals surface area contributed by atoms with Gasteiger partial charge in [0.1, 0.15) is 5.78 Å². The van der Waals surface area contributed by atoms with E-state index in [2.05, 4.69) is 5.32 Å². The standard InChI is InChI=1S/C12H19NOS/c14-11-6-9-3-4-10(13-9)12(11)8-2-1-5-15-7-8/h8-10,12-13H,1-7H2. The SMILES string of the molecule is O=C1CC2CCC(N2)C1C1CCCSC1. The summed E-state index contributed by atoms with van der Waals surface area (Å²) in [5, 5.41) is 3.64. The number of Topliss-reactive ketones (excluding diaryl/α,β-unsaturated/α-hetero) is 1. The minimum atomic E-state index is 0.358. The third-order valence-corrected chi connectivity index (χ3v) is 5.47. The Morgan fingerprint density at radius 2 is 2.20 bits per heavy atom. The molecule has 0 radical (unpaired) electrons. The maximum absolute atomic E-state index is 12.1. The molecule has 2 nitrogen and oxygen atoms in total. The fraction of sp³-hybridized carbons (Fsp3) is 0.917. The minimum Gasteiger partial charge on any atom is -0.310 e. The normalized spacial score (nSPS) is 45.7. The van der Waals surface area contributed by atoms with Crippen LogP contribution in [0, 0.1) is 11.8 Å². The maximum atomic E-state index is 12.1. The molecular weight excluding hydrogens is 206 g/mol. The van der Waals surface area contributed by atoms with Gasteiger partial charge in [0.2, 0.25) is 0 Å². The first kappa shape index (κ1) is 10.2. The number of nitrogens with one attached hydrogen (secondary N) is 1. The average molecular weight is 225 g/mol. The van der Waals surface area contributed by atoms with Gasteiger partial charge in [-0.2, -0.15) is 11.8 Å². The number of hydrogen-bond acceptors (Lipinski definition) is 3. The fourth-order valence-corrected chi connectivity index (χ4v) is 4.75. The molecule has 3 fully saturated rings. The fourth-order valence-electron chi connectivity index (χ4n) is 3.54. The monoisotopic (exact) mass is 225 g/mol. The molecule has 15 heavy (non-hydrogen) atoms. The molecule has 1 N–H and O–H groups in total. The van der Waals surface area contributed by atoms with E-state index >= 15 is 0 Å². The molecule has 3 aliphatic rings. The van der Waals surface area contributed by atoms with Gasteiger partial charge in [0.05, 0.1) is 0 Å². The third-order valence-electron chi connectivity index (χ3n) is 4.23. The van der Waals surface area contributed by atoms with Crippen molar-refractivity contribution in [3.05, 3.63) is 0 Å². The topological polar surface area (TPSA) is 29.1 Å². The lowest BCUT2D eigenvalue weighted by Crippen LogP contribution is -2.49. The zero-order chi connectivity index (χ0) is 10.3. The first-order chi connectivity index (χ1) is 7.34. The summed E-state index contributed by atoms with van der Waals surface area (Å²) in [7, 11) is 0. The van der Waals surface area contributed by atoms with Gasteiger partial charge in [-0.05, 0) is 43.1 Å². The van der Waals surface area contributed by atoms with Crippen LogP contribution in [0.25, 0.3) is 0 Å². The number of fused-ring (bicyclic) bond motifs is 2. The van der Waals surface area contributed by atoms with Crippen molar-refractivity contribution in [2.24, 2.45) is 11.8 Å². The zero-order valence-corrected chi connectivity index (χ0v) is 9.89. The summed E-state index contributed by atoms with van der Waals surface area (Å²) in [6, 6.07) is 1.05. The van der Waals surface area contributed by atoms with E-state index in [9.17, 15) is 4.79 Å². The van der Waals surface area contributed by atoms with Crippen LogP contribution in [0.4, 0.5) is 0 Å². The summed E-state index contributed by atoms with van der Waals surface area (Å²) in [5.41, 5.74) is 0. The number of rotatable bonds is 1. The van der Waals surface area contributed by atoms with E-state index in [-0.39, 0.29) is 0 Å². The second-order valence-electron chi connectivity index (χ2n) is 5.22. The average Bonchev–Trinajstić information content (AvgIpc) is 2.62. The van der Waals surface area contributed by atoms with Crippen molar-refractivity contribution in [2.45, 2.75) is 44.2 Å². The number of piperidine rings is 1. The van der Waals surface area contributed by atoms with Gasteiger partial charge < -0.3 is 5.32 Å². The number of hydrogen-bond donors (Lipinski definition) is 1. The van der Waals surface area contributed by atoms with Crippen LogP contribution in [0.3, 0.4) is 0 Å². The Morgan fingerprint density at radius 3 is 3.00 bits per heavy atom. The van der Waals surface area contributed by atoms with Gasteiger partial charge in [-0.25, -0.2) is 0 Å². The highest BCUT2D eigenvalue weighted by Gasteiger charge is 2.44. The largest absolute Gasteiger partial charge is 0.310 e. The number of thioether (sulfide) groups is 1. The van der Waals surface area contributed by atoms with Crippen LogP contribution in [0.5, 0.6) is 0 Å². The van der Waals surface area contributed by atoms with Crippen molar-refractivity contribution in [1.29, 1.82) is 0 Å². The van der Waals surface area contributed by atoms with E-state index in [4.69, 9.17) is 0 Å². The summed E-state index contributed by atoms with van der Waals surface area (Å²) in [4.78, 5) is 12.1. The van der Waals surface area contributed by atoms with Crippen LogP contribution < -0.4 is 5.32 Å². The first-order valence-electron chi connectivity index (χ1n) is 6.21. The highest BCUT2D eigenvalue weighted by molar-refractivity contribution is 7.99. The smallest absolute Gasteiger partial charge is 0.139 e. The van der Waals surface area contributed by atoms with Crippen molar-refractivity contribution in [1.82, 2.24) is 5.32 Å². The molecule has 0 saturated carbocycles. The molecule has 0 amide bonds. The van der Waals surface area contributed by atoms with Gasteiger partial charge >= 0.3 is 0 Å². The zero-order valence-electron chi connectivity index (χ0n) is 9.08. The van der Waals surface area contributed by atoms with E-state index in [1.165, 1.54) is 37.2 Å². The van der Waals surface area contributed by atoms with Gasteiger partial charge in [-0.3, -0.25) is 4.79 Å². The van der Waals surface area contributed by atoms with Gasteiger partial charge in [0.15, 0.2) is 0 Å². The summed E-state index contributed by atoms with van der Waals surface area (Å²) in [6.07, 6.45) is 5.87. The Morgan fingerprint density at radius 1 is 1.27 bits per heavy atom. The van der Waals surface area contributed by atoms with Gasteiger partial charge in [0.25, 0.3) is 0 Å². The summed E-state index contributed by atoms with van der Waals surface area (Å²) >= 11 is 2.04. The second-order valence-corrected chi connectivity index (χ2v) is 6.37. The van der Waals surface area contributed by atoms with E-state index in [0.717, 1.165) is 6.42 Å². The maximum Gasteiger partial charge on any atom is 0.139 e. The van der Waals surface area contributed by atoms with Crippen molar-refractivity contribution in [3.63, 3.8) is 0 Å². The summed E-state index contributed by atoms with van der Waals surface area (Å²) in [6.45, 7) is 0. The van der Waals surface area contributed by atoms with E-state index < -0.39 is 0 Å². The first-order valence-corrected chi connectivity index (χ1v) is 7.36. The van der Waals surface area contributed by atoms with Crippen molar-refractivity contribution < 1.29 is 4.79 Å². The number of ketones is 1. The van der Waals surface area contributed by atoms with Gasteiger partial charge in [-0.15, -0.1) is 0 Å². The molecule has 0 aromatic rings. The molecular formula is C12H19NOS. The van der Waals surface area contributed by atoms with E-state index in [1.54, 1.807) is 0 Å². The Balaban J connectivity index is 1.74. The molecule has 4 atom stereocenters. The Bertz CT molecular complexity index is 262. The lowest BCUT2D eigenvalue weighted by atomic mass is 9.79. The van der Waals surface area contributed by atoms with Crippen LogP contribution in [-0.2, 0) is 4.79 Å². The third kappa shape index (κ3) is 1.84. The highest BCUT2D eigenvalue weighted by Crippen LogP contribution is 2.38. The van der Waals surface area contributed by atoms with Gasteiger partial charge in [-0.1, -0.05) is 0 Å². The van der Waals surface area contributed by atoms with Crippen molar-refractivity contribution >= 4 is 17.5 Å². The van der Waals surface area contributed by atoms with Crippen LogP contribution >= 0.6 is 11.8 Å². The van der Waals surface area contributed by atoms with Crippen LogP contribution in [0.1, 0.15) is 32.1 Å². The van der Waals surface area contributed by atoms with Crippen molar-refractivity contribution in [2.75, 3.05) is 11.5 Å². The Labute approximate surface area is 95.6 Å². The highest BCUT2D eigenvalue weighted by atomic mass is 32.2. The second kappa shape index (κ2) is 4.10. The molecule has 4 unspecified atom stereocenters. The molecule has 3 rings (SSSR count). The molecule has 2 bridgehead atoms. The molecule has 0 aromatic carbocycles. The lowest BCUT2D eigenvalue weighted by molar-refractivity contribution is -0.127. The number of carbonyl (C=O) groups is 1. The summed E-state index contributed by atoms with van der Waals surface area (Å²) in [5.74, 6) is 4.12.